The summed E-state index contributed by atoms with van der Waals surface area (Å²) in [6.45, 7) is 2.01. The third-order valence-corrected chi connectivity index (χ3v) is 3.09. The first-order valence-electron chi connectivity index (χ1n) is 5.76. The first-order valence-corrected chi connectivity index (χ1v) is 5.76. The van der Waals surface area contributed by atoms with Crippen LogP contribution in [0.15, 0.2) is 30.5 Å². The van der Waals surface area contributed by atoms with Crippen molar-refractivity contribution in [2.75, 3.05) is 7.11 Å². The number of methoxy groups -OCH3 is 1. The Labute approximate surface area is 107 Å². The fourth-order valence-corrected chi connectivity index (χ4v) is 2.04. The highest BCUT2D eigenvalue weighted by Crippen LogP contribution is 2.26. The summed E-state index contributed by atoms with van der Waals surface area (Å²) in [5.41, 5.74) is 5.96. The first kappa shape index (κ1) is 12.6. The molecule has 0 spiro atoms. The lowest BCUT2D eigenvalue weighted by molar-refractivity contribution is 0.410. The van der Waals surface area contributed by atoms with Crippen molar-refractivity contribution in [2.45, 2.75) is 13.0 Å². The molecule has 1 aromatic heterocycles. The molecule has 0 saturated heterocycles. The predicted molar refractivity (Wildman–Crippen MR) is 70.1 cm³/mol. The molecule has 0 saturated carbocycles. The molecule has 1 aromatic carbocycles. The van der Waals surface area contributed by atoms with Gasteiger partial charge in [0.2, 0.25) is 0 Å². The van der Waals surface area contributed by atoms with Gasteiger partial charge in [-0.15, -0.1) is 0 Å². The number of hydrogen-bond acceptors (Lipinski definition) is 4. The second-order valence-electron chi connectivity index (χ2n) is 4.21. The third kappa shape index (κ3) is 2.23. The van der Waals surface area contributed by atoms with Crippen LogP contribution in [0.5, 0.6) is 5.75 Å². The molecule has 2 rings (SSSR count). The number of nitrogens with one attached hydrogen (secondary N) is 1. The van der Waals surface area contributed by atoms with Crippen LogP contribution in [0.3, 0.4) is 0 Å². The molecule has 0 aliphatic heterocycles. The van der Waals surface area contributed by atoms with Crippen molar-refractivity contribution in [1.82, 2.24) is 15.2 Å². The van der Waals surface area contributed by atoms with Crippen LogP contribution in [-0.4, -0.2) is 16.9 Å². The summed E-state index contributed by atoms with van der Waals surface area (Å²) < 4.78 is 7.14. The van der Waals surface area contributed by atoms with Crippen LogP contribution in [0, 0.1) is 6.92 Å². The SMILES string of the molecule is COc1cc(C(NN)c2ccnn2C)ccc1C. The lowest BCUT2D eigenvalue weighted by Crippen LogP contribution is -2.30. The van der Waals surface area contributed by atoms with Crippen LogP contribution in [0.1, 0.15) is 22.9 Å². The van der Waals surface area contributed by atoms with Gasteiger partial charge in [0.25, 0.3) is 0 Å². The first-order chi connectivity index (χ1) is 8.67. The zero-order chi connectivity index (χ0) is 13.1. The summed E-state index contributed by atoms with van der Waals surface area (Å²) >= 11 is 0. The Balaban J connectivity index is 2.42. The Morgan fingerprint density at radius 3 is 2.72 bits per heavy atom. The maximum Gasteiger partial charge on any atom is 0.122 e. The minimum Gasteiger partial charge on any atom is -0.496 e. The van der Waals surface area contributed by atoms with Crippen molar-refractivity contribution in [2.24, 2.45) is 12.9 Å². The van der Waals surface area contributed by atoms with Crippen LogP contribution < -0.4 is 16.0 Å². The quantitative estimate of drug-likeness (QED) is 0.630. The predicted octanol–water partition coefficient (Wildman–Crippen LogP) is 1.29. The molecule has 5 nitrogen and oxygen atoms in total. The van der Waals surface area contributed by atoms with E-state index in [0.29, 0.717) is 0 Å². The highest BCUT2D eigenvalue weighted by atomic mass is 16.5. The Morgan fingerprint density at radius 2 is 2.17 bits per heavy atom. The monoisotopic (exact) mass is 246 g/mol. The average Bonchev–Trinajstić information content (AvgIpc) is 2.79. The summed E-state index contributed by atoms with van der Waals surface area (Å²) in [6, 6.07) is 7.89. The molecule has 0 bridgehead atoms. The van der Waals surface area contributed by atoms with Crippen molar-refractivity contribution < 1.29 is 4.74 Å². The van der Waals surface area contributed by atoms with Gasteiger partial charge >= 0.3 is 0 Å². The molecule has 2 aromatic rings. The lowest BCUT2D eigenvalue weighted by atomic mass is 10.0. The Morgan fingerprint density at radius 1 is 1.39 bits per heavy atom. The zero-order valence-corrected chi connectivity index (χ0v) is 10.8. The molecule has 0 radical (unpaired) electrons. The minimum absolute atomic E-state index is 0.105. The number of hydrogen-bond donors (Lipinski definition) is 2. The van der Waals surface area contributed by atoms with Crippen LogP contribution >= 0.6 is 0 Å². The average molecular weight is 246 g/mol. The molecule has 0 amide bonds. The molecule has 18 heavy (non-hydrogen) atoms. The van der Waals surface area contributed by atoms with Crippen LogP contribution in [-0.2, 0) is 7.05 Å². The molecular formula is C13H18N4O. The molecule has 96 valence electrons. The Hall–Kier alpha value is -1.85. The standard InChI is InChI=1S/C13H18N4O/c1-9-4-5-10(8-12(9)18-3)13(16-14)11-6-7-15-17(11)2/h4-8,13,16H,14H2,1-3H3. The summed E-state index contributed by atoms with van der Waals surface area (Å²) in [5.74, 6) is 6.52. The van der Waals surface area contributed by atoms with Crippen molar-refractivity contribution in [3.8, 4) is 5.75 Å². The number of ether oxygens (including phenoxy) is 1. The molecule has 3 N–H and O–H groups in total. The smallest absolute Gasteiger partial charge is 0.122 e. The number of benzene rings is 1. The van der Waals surface area contributed by atoms with Gasteiger partial charge in [-0.25, -0.2) is 5.43 Å². The third-order valence-electron chi connectivity index (χ3n) is 3.09. The number of aromatic nitrogens is 2. The van der Waals surface area contributed by atoms with E-state index in [1.807, 2.05) is 38.2 Å². The summed E-state index contributed by atoms with van der Waals surface area (Å²) in [5, 5.41) is 4.16. The van der Waals surface area contributed by atoms with E-state index in [-0.39, 0.29) is 6.04 Å². The van der Waals surface area contributed by atoms with Crippen LogP contribution in [0.25, 0.3) is 0 Å². The lowest BCUT2D eigenvalue weighted by Gasteiger charge is -2.18. The number of rotatable bonds is 4. The van der Waals surface area contributed by atoms with E-state index in [9.17, 15) is 0 Å². The van der Waals surface area contributed by atoms with Crippen molar-refractivity contribution in [3.63, 3.8) is 0 Å². The normalized spacial score (nSPS) is 12.4. The van der Waals surface area contributed by atoms with Crippen molar-refractivity contribution in [3.05, 3.63) is 47.3 Å². The van der Waals surface area contributed by atoms with Crippen LogP contribution in [0.4, 0.5) is 0 Å². The highest BCUT2D eigenvalue weighted by Gasteiger charge is 2.16. The zero-order valence-electron chi connectivity index (χ0n) is 10.8. The summed E-state index contributed by atoms with van der Waals surface area (Å²) in [6.07, 6.45) is 1.76. The van der Waals surface area contributed by atoms with Gasteiger partial charge in [-0.3, -0.25) is 10.5 Å². The van der Waals surface area contributed by atoms with E-state index in [1.54, 1.807) is 18.0 Å². The van der Waals surface area contributed by atoms with E-state index in [0.717, 1.165) is 22.6 Å². The molecule has 0 fully saturated rings. The van der Waals surface area contributed by atoms with Gasteiger partial charge in [0.15, 0.2) is 0 Å². The molecule has 5 heteroatoms. The Kier molecular flexibility index (Phi) is 3.64. The largest absolute Gasteiger partial charge is 0.496 e. The van der Waals surface area contributed by atoms with E-state index in [2.05, 4.69) is 10.5 Å². The van der Waals surface area contributed by atoms with Gasteiger partial charge in [0.05, 0.1) is 18.8 Å². The molecule has 1 atom stereocenters. The van der Waals surface area contributed by atoms with Gasteiger partial charge in [-0.1, -0.05) is 12.1 Å². The molecule has 0 aliphatic rings. The van der Waals surface area contributed by atoms with Gasteiger partial charge in [0, 0.05) is 13.2 Å². The van der Waals surface area contributed by atoms with Gasteiger partial charge in [-0.2, -0.15) is 5.10 Å². The fraction of sp³-hybridized carbons (Fsp3) is 0.308. The highest BCUT2D eigenvalue weighted by molar-refractivity contribution is 5.40. The fourth-order valence-electron chi connectivity index (χ4n) is 2.04. The molecule has 0 aliphatic carbocycles. The van der Waals surface area contributed by atoms with Gasteiger partial charge < -0.3 is 4.74 Å². The second-order valence-corrected chi connectivity index (χ2v) is 4.21. The van der Waals surface area contributed by atoms with E-state index < -0.39 is 0 Å². The summed E-state index contributed by atoms with van der Waals surface area (Å²) in [4.78, 5) is 0. The Bertz CT molecular complexity index is 536. The molecule has 1 heterocycles. The van der Waals surface area contributed by atoms with Crippen molar-refractivity contribution >= 4 is 0 Å². The van der Waals surface area contributed by atoms with E-state index >= 15 is 0 Å². The topological polar surface area (TPSA) is 65.1 Å². The minimum atomic E-state index is -0.105. The number of hydrazine groups is 1. The summed E-state index contributed by atoms with van der Waals surface area (Å²) in [7, 11) is 3.56. The maximum atomic E-state index is 5.66. The van der Waals surface area contributed by atoms with Crippen LogP contribution in [0.2, 0.25) is 0 Å². The molecule has 1 unspecified atom stereocenters. The van der Waals surface area contributed by atoms with Gasteiger partial charge in [0.1, 0.15) is 5.75 Å². The van der Waals surface area contributed by atoms with Gasteiger partial charge in [-0.05, 0) is 30.2 Å². The van der Waals surface area contributed by atoms with E-state index in [4.69, 9.17) is 10.6 Å². The molecular weight excluding hydrogens is 228 g/mol. The number of nitrogens with zero attached hydrogens (tertiary/aromatic N) is 2. The number of nitrogens with two attached hydrogens (primary N) is 1. The van der Waals surface area contributed by atoms with Crippen molar-refractivity contribution in [1.29, 1.82) is 0 Å². The maximum absolute atomic E-state index is 5.66. The number of aryl methyl sites for hydroxylation is 2. The second kappa shape index (κ2) is 5.20. The van der Waals surface area contributed by atoms with E-state index in [1.165, 1.54) is 0 Å².